The van der Waals surface area contributed by atoms with Gasteiger partial charge in [-0.25, -0.2) is 4.98 Å². The first-order valence-corrected chi connectivity index (χ1v) is 12.0. The highest BCUT2D eigenvalue weighted by Gasteiger charge is 2.35. The Bertz CT molecular complexity index is 1350. The van der Waals surface area contributed by atoms with Crippen molar-refractivity contribution in [3.8, 4) is 11.3 Å². The molecule has 5 rings (SSSR count). The Morgan fingerprint density at radius 1 is 0.886 bits per heavy atom. The van der Waals surface area contributed by atoms with Crippen LogP contribution >= 0.6 is 11.3 Å². The fourth-order valence-electron chi connectivity index (χ4n) is 3.93. The molecule has 1 aliphatic rings. The molecule has 1 saturated heterocycles. The molecule has 1 aromatic heterocycles. The maximum absolute atomic E-state index is 12.7. The first-order chi connectivity index (χ1) is 17.1. The van der Waals surface area contributed by atoms with Crippen LogP contribution in [-0.2, 0) is 9.59 Å². The first-order valence-electron chi connectivity index (χ1n) is 11.2. The molecular formula is C27H22N4O3S. The largest absolute Gasteiger partial charge is 0.326 e. The molecule has 1 unspecified atom stereocenters. The van der Waals surface area contributed by atoms with E-state index in [-0.39, 0.29) is 24.1 Å². The summed E-state index contributed by atoms with van der Waals surface area (Å²) in [6.07, 6.45) is 0.167. The maximum Gasteiger partial charge on any atom is 0.257 e. The molecule has 3 amide bonds. The van der Waals surface area contributed by atoms with Crippen molar-refractivity contribution in [2.45, 2.75) is 6.42 Å². The minimum Gasteiger partial charge on any atom is -0.326 e. The topological polar surface area (TPSA) is 91.4 Å². The normalized spacial score (nSPS) is 15.1. The second-order valence-electron chi connectivity index (χ2n) is 8.17. The van der Waals surface area contributed by atoms with Crippen LogP contribution < -0.4 is 15.5 Å². The van der Waals surface area contributed by atoms with Gasteiger partial charge in [0, 0.05) is 40.8 Å². The molecule has 7 nitrogen and oxygen atoms in total. The molecule has 174 valence electrons. The van der Waals surface area contributed by atoms with Crippen molar-refractivity contribution >= 4 is 45.6 Å². The lowest BCUT2D eigenvalue weighted by atomic mass is 10.1. The van der Waals surface area contributed by atoms with Gasteiger partial charge in [0.2, 0.25) is 11.8 Å². The molecule has 2 heterocycles. The van der Waals surface area contributed by atoms with Crippen LogP contribution in [0.25, 0.3) is 11.3 Å². The molecule has 0 spiro atoms. The zero-order valence-corrected chi connectivity index (χ0v) is 19.5. The number of rotatable bonds is 6. The van der Waals surface area contributed by atoms with E-state index < -0.39 is 5.92 Å². The molecule has 1 fully saturated rings. The fraction of sp³-hybridized carbons (Fsp3) is 0.111. The van der Waals surface area contributed by atoms with E-state index in [1.807, 2.05) is 66.0 Å². The number of anilines is 3. The smallest absolute Gasteiger partial charge is 0.257 e. The lowest BCUT2D eigenvalue weighted by Gasteiger charge is -2.16. The lowest BCUT2D eigenvalue weighted by Crippen LogP contribution is -2.28. The average molecular weight is 483 g/mol. The van der Waals surface area contributed by atoms with E-state index in [4.69, 9.17) is 0 Å². The zero-order chi connectivity index (χ0) is 24.2. The molecular weight excluding hydrogens is 460 g/mol. The molecule has 4 aromatic rings. The number of thiazole rings is 1. The van der Waals surface area contributed by atoms with Crippen LogP contribution in [0.5, 0.6) is 0 Å². The van der Waals surface area contributed by atoms with Gasteiger partial charge in [0.15, 0.2) is 5.13 Å². The van der Waals surface area contributed by atoms with Crippen molar-refractivity contribution < 1.29 is 14.4 Å². The van der Waals surface area contributed by atoms with Gasteiger partial charge < -0.3 is 10.2 Å². The Balaban J connectivity index is 1.18. The Labute approximate surface area is 206 Å². The van der Waals surface area contributed by atoms with Crippen LogP contribution in [0.2, 0.25) is 0 Å². The summed E-state index contributed by atoms with van der Waals surface area (Å²) in [5.41, 5.74) is 3.60. The van der Waals surface area contributed by atoms with Gasteiger partial charge in [0.05, 0.1) is 11.6 Å². The van der Waals surface area contributed by atoms with E-state index >= 15 is 0 Å². The van der Waals surface area contributed by atoms with Crippen molar-refractivity contribution in [3.63, 3.8) is 0 Å². The molecule has 3 aromatic carbocycles. The number of aromatic nitrogens is 1. The monoisotopic (exact) mass is 482 g/mol. The summed E-state index contributed by atoms with van der Waals surface area (Å²) in [7, 11) is 0. The van der Waals surface area contributed by atoms with E-state index in [1.54, 1.807) is 29.2 Å². The van der Waals surface area contributed by atoms with Crippen molar-refractivity contribution in [2.75, 3.05) is 22.1 Å². The number of amides is 3. The van der Waals surface area contributed by atoms with Gasteiger partial charge in [-0.05, 0) is 36.4 Å². The molecule has 0 bridgehead atoms. The van der Waals surface area contributed by atoms with Crippen molar-refractivity contribution in [1.29, 1.82) is 0 Å². The van der Waals surface area contributed by atoms with E-state index in [0.717, 1.165) is 16.9 Å². The van der Waals surface area contributed by atoms with Crippen LogP contribution in [-0.4, -0.2) is 29.3 Å². The quantitative estimate of drug-likeness (QED) is 0.402. The summed E-state index contributed by atoms with van der Waals surface area (Å²) in [4.78, 5) is 43.9. The van der Waals surface area contributed by atoms with Crippen LogP contribution in [0.3, 0.4) is 0 Å². The van der Waals surface area contributed by atoms with Crippen molar-refractivity contribution in [3.05, 3.63) is 95.9 Å². The van der Waals surface area contributed by atoms with Crippen molar-refractivity contribution in [1.82, 2.24) is 4.98 Å². The van der Waals surface area contributed by atoms with Gasteiger partial charge in [-0.1, -0.05) is 48.5 Å². The second kappa shape index (κ2) is 9.90. The van der Waals surface area contributed by atoms with Crippen LogP contribution in [0, 0.1) is 5.92 Å². The standard InChI is InChI=1S/C27H22N4O3S/c32-24-15-20(16-31(24)22-9-5-2-6-10-22)26(34)28-21-13-11-19(12-14-21)25(33)30-27-29-23(17-35-27)18-7-3-1-4-8-18/h1-14,17,20H,15-16H2,(H,28,34)(H,29,30,33). The highest BCUT2D eigenvalue weighted by molar-refractivity contribution is 7.14. The number of carbonyl (C=O) groups is 3. The summed E-state index contributed by atoms with van der Waals surface area (Å²) in [6, 6.07) is 25.7. The summed E-state index contributed by atoms with van der Waals surface area (Å²) in [6.45, 7) is 0.341. The Hall–Kier alpha value is -4.30. The highest BCUT2D eigenvalue weighted by atomic mass is 32.1. The third-order valence-electron chi connectivity index (χ3n) is 5.77. The van der Waals surface area contributed by atoms with Crippen LogP contribution in [0.1, 0.15) is 16.8 Å². The Morgan fingerprint density at radius 2 is 1.57 bits per heavy atom. The molecule has 8 heteroatoms. The summed E-state index contributed by atoms with van der Waals surface area (Å²) >= 11 is 1.36. The van der Waals surface area contributed by atoms with Gasteiger partial charge in [-0.2, -0.15) is 0 Å². The molecule has 1 aliphatic heterocycles. The van der Waals surface area contributed by atoms with Crippen LogP contribution in [0.4, 0.5) is 16.5 Å². The number of nitrogens with one attached hydrogen (secondary N) is 2. The van der Waals surface area contributed by atoms with E-state index in [0.29, 0.717) is 22.9 Å². The summed E-state index contributed by atoms with van der Waals surface area (Å²) in [5, 5.41) is 8.08. The Kier molecular flexibility index (Phi) is 6.36. The molecule has 0 radical (unpaired) electrons. The zero-order valence-electron chi connectivity index (χ0n) is 18.7. The first kappa shape index (κ1) is 22.5. The van der Waals surface area contributed by atoms with Gasteiger partial charge in [0.1, 0.15) is 0 Å². The molecule has 35 heavy (non-hydrogen) atoms. The number of carbonyl (C=O) groups excluding carboxylic acids is 3. The number of hydrogen-bond acceptors (Lipinski definition) is 5. The molecule has 0 aliphatic carbocycles. The van der Waals surface area contributed by atoms with Crippen LogP contribution in [0.15, 0.2) is 90.3 Å². The molecule has 0 saturated carbocycles. The molecule has 2 N–H and O–H groups in total. The second-order valence-corrected chi connectivity index (χ2v) is 9.02. The van der Waals surface area contributed by atoms with E-state index in [9.17, 15) is 14.4 Å². The number of para-hydroxylation sites is 1. The number of benzene rings is 3. The van der Waals surface area contributed by atoms with Crippen molar-refractivity contribution in [2.24, 2.45) is 5.92 Å². The minimum absolute atomic E-state index is 0.0685. The predicted octanol–water partition coefficient (Wildman–Crippen LogP) is 5.05. The SMILES string of the molecule is O=C(Nc1nc(-c2ccccc2)cs1)c1ccc(NC(=O)C2CC(=O)N(c3ccccc3)C2)cc1. The Morgan fingerprint density at radius 3 is 2.29 bits per heavy atom. The van der Waals surface area contributed by atoms with Gasteiger partial charge >= 0.3 is 0 Å². The third kappa shape index (κ3) is 5.12. The fourth-order valence-corrected chi connectivity index (χ4v) is 4.65. The average Bonchev–Trinajstić information content (AvgIpc) is 3.52. The lowest BCUT2D eigenvalue weighted by molar-refractivity contribution is -0.122. The summed E-state index contributed by atoms with van der Waals surface area (Å²) < 4.78 is 0. The minimum atomic E-state index is -0.436. The molecule has 1 atom stereocenters. The summed E-state index contributed by atoms with van der Waals surface area (Å²) in [5.74, 6) is -1.00. The number of hydrogen-bond donors (Lipinski definition) is 2. The highest BCUT2D eigenvalue weighted by Crippen LogP contribution is 2.27. The van der Waals surface area contributed by atoms with E-state index in [2.05, 4.69) is 15.6 Å². The third-order valence-corrected chi connectivity index (χ3v) is 6.53. The number of nitrogens with zero attached hydrogens (tertiary/aromatic N) is 2. The predicted molar refractivity (Wildman–Crippen MR) is 137 cm³/mol. The van der Waals surface area contributed by atoms with Gasteiger partial charge in [-0.15, -0.1) is 11.3 Å². The maximum atomic E-state index is 12.7. The van der Waals surface area contributed by atoms with Gasteiger partial charge in [-0.3, -0.25) is 19.7 Å². The van der Waals surface area contributed by atoms with E-state index in [1.165, 1.54) is 11.3 Å². The van der Waals surface area contributed by atoms with Gasteiger partial charge in [0.25, 0.3) is 5.91 Å².